The second-order valence-corrected chi connectivity index (χ2v) is 8.38. The number of hydrogen-bond donors (Lipinski definition) is 0. The van der Waals surface area contributed by atoms with Crippen LogP contribution >= 0.6 is 0 Å². The highest BCUT2D eigenvalue weighted by Gasteiger charge is 2.33. The summed E-state index contributed by atoms with van der Waals surface area (Å²) in [5.74, 6) is 0. The molecule has 4 rings (SSSR count). The minimum absolute atomic E-state index is 0.0444. The van der Waals surface area contributed by atoms with Crippen molar-refractivity contribution in [2.24, 2.45) is 0 Å². The molecule has 1 amide bonds. The van der Waals surface area contributed by atoms with Crippen molar-refractivity contribution in [3.05, 3.63) is 59.7 Å². The van der Waals surface area contributed by atoms with Gasteiger partial charge in [0.15, 0.2) is 0 Å². The number of methoxy groups -OCH3 is 1. The molecule has 5 heteroatoms. The fourth-order valence-electron chi connectivity index (χ4n) is 4.52. The van der Waals surface area contributed by atoms with Gasteiger partial charge in [0.05, 0.1) is 12.6 Å². The number of carbonyl (C=O) groups excluding carboxylic acids is 1. The summed E-state index contributed by atoms with van der Waals surface area (Å²) in [4.78, 5) is 16.3. The number of amides is 1. The van der Waals surface area contributed by atoms with Gasteiger partial charge in [-0.25, -0.2) is 4.79 Å². The molecule has 0 aromatic heterocycles. The summed E-state index contributed by atoms with van der Waals surface area (Å²) in [5.41, 5.74) is 4.89. The predicted molar refractivity (Wildman–Crippen MR) is 119 cm³/mol. The Hall–Kier alpha value is -2.37. The normalized spacial score (nSPS) is 21.9. The molecular weight excluding hydrogens is 376 g/mol. The van der Waals surface area contributed by atoms with E-state index in [1.54, 1.807) is 12.0 Å². The fourth-order valence-corrected chi connectivity index (χ4v) is 4.52. The van der Waals surface area contributed by atoms with Gasteiger partial charge in [0.25, 0.3) is 0 Å². The second-order valence-electron chi connectivity index (χ2n) is 8.38. The van der Waals surface area contributed by atoms with E-state index in [1.807, 2.05) is 0 Å². The Labute approximate surface area is 179 Å². The van der Waals surface area contributed by atoms with E-state index in [0.29, 0.717) is 19.8 Å². The molecule has 5 nitrogen and oxygen atoms in total. The number of hydrogen-bond acceptors (Lipinski definition) is 4. The van der Waals surface area contributed by atoms with Crippen LogP contribution in [0.2, 0.25) is 0 Å². The average molecular weight is 409 g/mol. The van der Waals surface area contributed by atoms with Gasteiger partial charge >= 0.3 is 6.09 Å². The molecular formula is C25H32N2O3. The third-order valence-electron chi connectivity index (χ3n) is 6.47. The van der Waals surface area contributed by atoms with Gasteiger partial charge < -0.3 is 14.4 Å². The lowest BCUT2D eigenvalue weighted by atomic mass is 9.99. The monoisotopic (exact) mass is 408 g/mol. The number of ether oxygens (including phenoxy) is 2. The Balaban J connectivity index is 1.38. The Bertz CT molecular complexity index is 834. The topological polar surface area (TPSA) is 42.0 Å². The summed E-state index contributed by atoms with van der Waals surface area (Å²) in [7, 11) is 1.64. The van der Waals surface area contributed by atoms with Crippen LogP contribution in [0.4, 0.5) is 4.79 Å². The highest BCUT2D eigenvalue weighted by molar-refractivity contribution is 5.71. The Morgan fingerprint density at radius 2 is 1.73 bits per heavy atom. The van der Waals surface area contributed by atoms with E-state index in [4.69, 9.17) is 9.47 Å². The number of rotatable bonds is 8. The van der Waals surface area contributed by atoms with E-state index in [1.165, 1.54) is 36.1 Å². The van der Waals surface area contributed by atoms with Crippen LogP contribution in [0.15, 0.2) is 48.5 Å². The van der Waals surface area contributed by atoms with Crippen LogP contribution in [-0.2, 0) is 15.9 Å². The molecule has 2 atom stereocenters. The van der Waals surface area contributed by atoms with Crippen molar-refractivity contribution in [1.29, 1.82) is 0 Å². The minimum Gasteiger partial charge on any atom is -0.447 e. The maximum absolute atomic E-state index is 12.0. The molecule has 0 radical (unpaired) electrons. The van der Waals surface area contributed by atoms with Gasteiger partial charge in [-0.15, -0.1) is 0 Å². The number of benzene rings is 2. The summed E-state index contributed by atoms with van der Waals surface area (Å²) < 4.78 is 10.4. The largest absolute Gasteiger partial charge is 0.447 e. The summed E-state index contributed by atoms with van der Waals surface area (Å²) in [6.07, 6.45) is 3.51. The molecule has 2 fully saturated rings. The first-order chi connectivity index (χ1) is 14.7. The second kappa shape index (κ2) is 9.63. The van der Waals surface area contributed by atoms with Crippen molar-refractivity contribution in [3.8, 4) is 11.1 Å². The van der Waals surface area contributed by atoms with Crippen LogP contribution in [0.1, 0.15) is 36.9 Å². The van der Waals surface area contributed by atoms with E-state index in [-0.39, 0.29) is 12.1 Å². The highest BCUT2D eigenvalue weighted by Crippen LogP contribution is 2.29. The Morgan fingerprint density at radius 1 is 1.03 bits per heavy atom. The molecule has 0 spiro atoms. The quantitative estimate of drug-likeness (QED) is 0.644. The minimum atomic E-state index is -0.264. The summed E-state index contributed by atoms with van der Waals surface area (Å²) in [6, 6.07) is 18.1. The summed E-state index contributed by atoms with van der Waals surface area (Å²) >= 11 is 0. The van der Waals surface area contributed by atoms with Crippen LogP contribution in [0.5, 0.6) is 0 Å². The molecule has 160 valence electrons. The van der Waals surface area contributed by atoms with Gasteiger partial charge in [-0.05, 0) is 55.0 Å². The van der Waals surface area contributed by atoms with Gasteiger partial charge in [-0.2, -0.15) is 0 Å². The number of cyclic esters (lactones) is 1. The van der Waals surface area contributed by atoms with Crippen molar-refractivity contribution < 1.29 is 14.3 Å². The highest BCUT2D eigenvalue weighted by atomic mass is 16.6. The molecule has 2 unspecified atom stereocenters. The maximum atomic E-state index is 12.0. The van der Waals surface area contributed by atoms with E-state index in [0.717, 1.165) is 24.6 Å². The third kappa shape index (κ3) is 4.68. The molecule has 2 saturated heterocycles. The average Bonchev–Trinajstić information content (AvgIpc) is 3.36. The number of likely N-dealkylation sites (tertiary alicyclic amines) is 1. The van der Waals surface area contributed by atoms with Crippen LogP contribution in [-0.4, -0.2) is 61.9 Å². The zero-order valence-corrected chi connectivity index (χ0v) is 18.0. The lowest BCUT2D eigenvalue weighted by molar-refractivity contribution is 0.134. The van der Waals surface area contributed by atoms with E-state index in [9.17, 15) is 4.79 Å². The smallest absolute Gasteiger partial charge is 0.410 e. The van der Waals surface area contributed by atoms with Crippen molar-refractivity contribution in [1.82, 2.24) is 9.80 Å². The zero-order valence-electron chi connectivity index (χ0n) is 18.0. The molecule has 0 saturated carbocycles. The first-order valence-electron chi connectivity index (χ1n) is 11.0. The van der Waals surface area contributed by atoms with Crippen molar-refractivity contribution in [2.75, 3.05) is 40.0 Å². The first kappa shape index (κ1) is 20.9. The number of nitrogens with zero attached hydrogens (tertiary/aromatic N) is 2. The van der Waals surface area contributed by atoms with Crippen LogP contribution in [0, 0.1) is 0 Å². The lowest BCUT2D eigenvalue weighted by Crippen LogP contribution is -2.30. The number of carbonyl (C=O) groups is 1. The van der Waals surface area contributed by atoms with Gasteiger partial charge in [-0.3, -0.25) is 4.90 Å². The van der Waals surface area contributed by atoms with Crippen LogP contribution in [0.25, 0.3) is 11.1 Å². The van der Waals surface area contributed by atoms with Gasteiger partial charge in [0.2, 0.25) is 0 Å². The molecule has 30 heavy (non-hydrogen) atoms. The van der Waals surface area contributed by atoms with E-state index < -0.39 is 0 Å². The Kier molecular flexibility index (Phi) is 6.70. The third-order valence-corrected chi connectivity index (χ3v) is 6.47. The Morgan fingerprint density at radius 3 is 2.37 bits per heavy atom. The van der Waals surface area contributed by atoms with E-state index in [2.05, 4.69) is 60.4 Å². The zero-order chi connectivity index (χ0) is 20.9. The standard InChI is InChI=1S/C25H32N2O3/c1-19-4-3-14-26(19)15-13-20-5-7-21(8-6-20)22-9-11-23(12-10-22)24-18-30-25(28)27(24)16-17-29-2/h5-12,19,24H,3-4,13-18H2,1-2H3. The fraction of sp³-hybridized carbons (Fsp3) is 0.480. The molecule has 2 aliphatic heterocycles. The molecule has 0 bridgehead atoms. The van der Waals surface area contributed by atoms with Crippen LogP contribution < -0.4 is 0 Å². The van der Waals surface area contributed by atoms with Crippen molar-refractivity contribution in [3.63, 3.8) is 0 Å². The van der Waals surface area contributed by atoms with Gasteiger partial charge in [0, 0.05) is 26.2 Å². The molecule has 2 heterocycles. The molecule has 2 aromatic rings. The van der Waals surface area contributed by atoms with Gasteiger partial charge in [0.1, 0.15) is 6.61 Å². The summed E-state index contributed by atoms with van der Waals surface area (Å²) in [6.45, 7) is 6.17. The lowest BCUT2D eigenvalue weighted by Gasteiger charge is -2.21. The predicted octanol–water partition coefficient (Wildman–Crippen LogP) is 4.52. The summed E-state index contributed by atoms with van der Waals surface area (Å²) in [5, 5.41) is 0. The molecule has 0 aliphatic carbocycles. The van der Waals surface area contributed by atoms with Crippen molar-refractivity contribution >= 4 is 6.09 Å². The van der Waals surface area contributed by atoms with Gasteiger partial charge in [-0.1, -0.05) is 48.5 Å². The van der Waals surface area contributed by atoms with Crippen molar-refractivity contribution in [2.45, 2.75) is 38.3 Å². The van der Waals surface area contributed by atoms with E-state index >= 15 is 0 Å². The first-order valence-corrected chi connectivity index (χ1v) is 11.0. The maximum Gasteiger partial charge on any atom is 0.410 e. The SMILES string of the molecule is COCCN1C(=O)OCC1c1ccc(-c2ccc(CCN3CCCC3C)cc2)cc1. The molecule has 0 N–H and O–H groups in total. The molecule has 2 aliphatic rings. The van der Waals surface area contributed by atoms with Crippen LogP contribution in [0.3, 0.4) is 0 Å². The molecule has 2 aromatic carbocycles.